The van der Waals surface area contributed by atoms with Crippen LogP contribution < -0.4 is 9.80 Å². The predicted octanol–water partition coefficient (Wildman–Crippen LogP) is 2.57. The Morgan fingerprint density at radius 3 is 2.82 bits per heavy atom. The molecule has 0 fully saturated rings. The molecule has 0 N–H and O–H groups in total. The maximum atomic E-state index is 12.5. The van der Waals surface area contributed by atoms with Crippen LogP contribution in [0.4, 0.5) is 11.4 Å². The summed E-state index contributed by atoms with van der Waals surface area (Å²) in [6, 6.07) is 5.69. The molecule has 22 heavy (non-hydrogen) atoms. The number of halogens is 1. The smallest absolute Gasteiger partial charge is 0.229 e. The highest BCUT2D eigenvalue weighted by Crippen LogP contribution is 2.34. The second-order valence-corrected chi connectivity index (χ2v) is 5.75. The van der Waals surface area contributed by atoms with Gasteiger partial charge in [-0.3, -0.25) is 4.79 Å². The van der Waals surface area contributed by atoms with E-state index in [1.807, 2.05) is 30.1 Å². The summed E-state index contributed by atoms with van der Waals surface area (Å²) in [7, 11) is 3.66. The van der Waals surface area contributed by atoms with E-state index in [0.717, 1.165) is 24.3 Å². The molecule has 1 aromatic carbocycles. The van der Waals surface area contributed by atoms with Gasteiger partial charge in [0.05, 0.1) is 37.6 Å². The zero-order chi connectivity index (χ0) is 15.9. The number of fused-ring (bicyclic) bond motifs is 1. The summed E-state index contributed by atoms with van der Waals surface area (Å²) in [5, 5.41) is 0.642. The van der Waals surface area contributed by atoms with E-state index in [4.69, 9.17) is 21.1 Å². The maximum absolute atomic E-state index is 12.5. The van der Waals surface area contributed by atoms with Crippen LogP contribution in [0.15, 0.2) is 18.2 Å². The van der Waals surface area contributed by atoms with Crippen molar-refractivity contribution in [2.75, 3.05) is 56.9 Å². The van der Waals surface area contributed by atoms with Gasteiger partial charge >= 0.3 is 0 Å². The van der Waals surface area contributed by atoms with Gasteiger partial charge in [0.15, 0.2) is 0 Å². The van der Waals surface area contributed by atoms with Gasteiger partial charge < -0.3 is 19.3 Å². The first kappa shape index (κ1) is 17.1. The molecule has 0 saturated heterocycles. The van der Waals surface area contributed by atoms with E-state index < -0.39 is 0 Å². The van der Waals surface area contributed by atoms with E-state index in [0.29, 0.717) is 37.8 Å². The number of hydrogen-bond acceptors (Lipinski definition) is 4. The summed E-state index contributed by atoms with van der Waals surface area (Å²) in [5.41, 5.74) is 1.92. The first-order valence-corrected chi connectivity index (χ1v) is 7.89. The van der Waals surface area contributed by atoms with E-state index in [1.54, 1.807) is 7.11 Å². The van der Waals surface area contributed by atoms with Crippen molar-refractivity contribution in [3.63, 3.8) is 0 Å². The average Bonchev–Trinajstić information content (AvgIpc) is 2.66. The molecular weight excluding hydrogens is 304 g/mol. The van der Waals surface area contributed by atoms with Crippen molar-refractivity contribution in [3.05, 3.63) is 23.2 Å². The van der Waals surface area contributed by atoms with Gasteiger partial charge in [0, 0.05) is 32.3 Å². The Balaban J connectivity index is 2.05. The molecule has 1 aliphatic rings. The van der Waals surface area contributed by atoms with Crippen LogP contribution in [0.3, 0.4) is 0 Å². The summed E-state index contributed by atoms with van der Waals surface area (Å²) in [4.78, 5) is 16.5. The van der Waals surface area contributed by atoms with E-state index in [2.05, 4.69) is 4.90 Å². The number of hydrogen-bond donors (Lipinski definition) is 0. The van der Waals surface area contributed by atoms with E-state index in [1.165, 1.54) is 0 Å². The molecule has 6 heteroatoms. The fourth-order valence-electron chi connectivity index (χ4n) is 2.54. The molecule has 1 amide bonds. The zero-order valence-electron chi connectivity index (χ0n) is 13.2. The van der Waals surface area contributed by atoms with Gasteiger partial charge in [-0.15, -0.1) is 0 Å². The van der Waals surface area contributed by atoms with Crippen molar-refractivity contribution in [3.8, 4) is 0 Å². The van der Waals surface area contributed by atoms with Gasteiger partial charge in [-0.2, -0.15) is 0 Å². The number of benzene rings is 1. The molecule has 122 valence electrons. The Morgan fingerprint density at radius 1 is 1.23 bits per heavy atom. The molecular formula is C16H23ClN2O3. The predicted molar refractivity (Wildman–Crippen MR) is 89.0 cm³/mol. The number of methoxy groups -OCH3 is 1. The van der Waals surface area contributed by atoms with E-state index >= 15 is 0 Å². The van der Waals surface area contributed by atoms with Crippen LogP contribution in [0.5, 0.6) is 0 Å². The zero-order valence-corrected chi connectivity index (χ0v) is 13.9. The third-order valence-electron chi connectivity index (χ3n) is 3.71. The summed E-state index contributed by atoms with van der Waals surface area (Å²) < 4.78 is 10.3. The number of carbonyl (C=O) groups excluding carboxylic acids is 1. The van der Waals surface area contributed by atoms with Crippen LogP contribution in [0.2, 0.25) is 5.02 Å². The number of nitrogens with zero attached hydrogens (tertiary/aromatic N) is 2. The maximum Gasteiger partial charge on any atom is 0.229 e. The Bertz CT molecular complexity index is 510. The highest BCUT2D eigenvalue weighted by molar-refractivity contribution is 6.31. The Labute approximate surface area is 136 Å². The van der Waals surface area contributed by atoms with Gasteiger partial charge in [-0.05, 0) is 24.6 Å². The summed E-state index contributed by atoms with van der Waals surface area (Å²) in [6.07, 6.45) is 1.29. The first-order valence-electron chi connectivity index (χ1n) is 7.51. The second kappa shape index (κ2) is 8.36. The molecule has 0 atom stereocenters. The first-order chi connectivity index (χ1) is 10.6. The lowest BCUT2D eigenvalue weighted by atomic mass is 10.2. The van der Waals surface area contributed by atoms with Crippen molar-refractivity contribution in [1.29, 1.82) is 0 Å². The minimum Gasteiger partial charge on any atom is -0.382 e. The average molecular weight is 327 g/mol. The van der Waals surface area contributed by atoms with Crippen LogP contribution in [-0.4, -0.2) is 53.0 Å². The fourth-order valence-corrected chi connectivity index (χ4v) is 2.71. The molecule has 0 radical (unpaired) electrons. The monoisotopic (exact) mass is 326 g/mol. The number of ether oxygens (including phenoxy) is 2. The molecule has 2 rings (SSSR count). The molecule has 1 aromatic rings. The van der Waals surface area contributed by atoms with Gasteiger partial charge in [0.2, 0.25) is 5.91 Å². The Morgan fingerprint density at radius 2 is 2.05 bits per heavy atom. The van der Waals surface area contributed by atoms with Crippen LogP contribution in [0, 0.1) is 0 Å². The van der Waals surface area contributed by atoms with E-state index in [9.17, 15) is 4.79 Å². The summed E-state index contributed by atoms with van der Waals surface area (Å²) in [5.74, 6) is 0.0660. The fraction of sp³-hybridized carbons (Fsp3) is 0.562. The highest BCUT2D eigenvalue weighted by Gasteiger charge is 2.23. The molecule has 1 heterocycles. The van der Waals surface area contributed by atoms with Crippen LogP contribution >= 0.6 is 11.6 Å². The molecule has 1 aliphatic heterocycles. The van der Waals surface area contributed by atoms with Gasteiger partial charge in [-0.25, -0.2) is 0 Å². The number of rotatable bonds is 6. The van der Waals surface area contributed by atoms with Crippen molar-refractivity contribution < 1.29 is 14.3 Å². The molecule has 0 bridgehead atoms. The molecule has 5 nitrogen and oxygen atoms in total. The number of amides is 1. The number of carbonyl (C=O) groups is 1. The summed E-state index contributed by atoms with van der Waals surface area (Å²) in [6.45, 7) is 3.08. The van der Waals surface area contributed by atoms with Crippen LogP contribution in [0.25, 0.3) is 0 Å². The highest BCUT2D eigenvalue weighted by atomic mass is 35.5. The molecule has 0 aliphatic carbocycles. The van der Waals surface area contributed by atoms with Crippen molar-refractivity contribution >= 4 is 28.9 Å². The SMILES string of the molecule is COCCOCCC(=O)N1CCCN(C)c2ccc(Cl)cc21. The van der Waals surface area contributed by atoms with Gasteiger partial charge in [0.25, 0.3) is 0 Å². The standard InChI is InChI=1S/C16H23ClN2O3/c1-18-7-3-8-19(15-12-13(17)4-5-14(15)18)16(20)6-9-22-11-10-21-2/h4-5,12H,3,6-11H2,1-2H3. The normalized spacial score (nSPS) is 14.7. The minimum atomic E-state index is 0.0660. The quantitative estimate of drug-likeness (QED) is 0.753. The largest absolute Gasteiger partial charge is 0.382 e. The third-order valence-corrected chi connectivity index (χ3v) is 3.94. The summed E-state index contributed by atoms with van der Waals surface area (Å²) >= 11 is 6.11. The van der Waals surface area contributed by atoms with Crippen LogP contribution in [0.1, 0.15) is 12.8 Å². The lowest BCUT2D eigenvalue weighted by Crippen LogP contribution is -2.32. The van der Waals surface area contributed by atoms with E-state index in [-0.39, 0.29) is 5.91 Å². The molecule has 0 unspecified atom stereocenters. The minimum absolute atomic E-state index is 0.0660. The van der Waals surface area contributed by atoms with Gasteiger partial charge in [-0.1, -0.05) is 11.6 Å². The van der Waals surface area contributed by atoms with Crippen molar-refractivity contribution in [1.82, 2.24) is 0 Å². The van der Waals surface area contributed by atoms with Crippen molar-refractivity contribution in [2.24, 2.45) is 0 Å². The third kappa shape index (κ3) is 4.35. The number of anilines is 2. The van der Waals surface area contributed by atoms with Gasteiger partial charge in [0.1, 0.15) is 0 Å². The lowest BCUT2D eigenvalue weighted by Gasteiger charge is -2.24. The Hall–Kier alpha value is -1.30. The lowest BCUT2D eigenvalue weighted by molar-refractivity contribution is -0.119. The van der Waals surface area contributed by atoms with Crippen LogP contribution in [-0.2, 0) is 14.3 Å². The van der Waals surface area contributed by atoms with Crippen molar-refractivity contribution in [2.45, 2.75) is 12.8 Å². The molecule has 0 spiro atoms. The molecule has 0 saturated carbocycles. The second-order valence-electron chi connectivity index (χ2n) is 5.31. The molecule has 0 aromatic heterocycles. The topological polar surface area (TPSA) is 42.0 Å². The Kier molecular flexibility index (Phi) is 6.49.